The molecule has 1 atom stereocenters. The lowest BCUT2D eigenvalue weighted by Gasteiger charge is -2.19. The molecule has 0 heterocycles. The first-order valence-electron chi connectivity index (χ1n) is 6.39. The predicted molar refractivity (Wildman–Crippen MR) is 68.7 cm³/mol. The number of methoxy groups -OCH3 is 1. The third-order valence-corrected chi connectivity index (χ3v) is 3.50. The molecule has 1 unspecified atom stereocenters. The van der Waals surface area contributed by atoms with Gasteiger partial charge in [-0.25, -0.2) is 0 Å². The Morgan fingerprint density at radius 2 is 2.11 bits per heavy atom. The first-order valence-corrected chi connectivity index (χ1v) is 6.39. The number of carbonyl (C=O) groups excluding carboxylic acids is 2. The quantitative estimate of drug-likeness (QED) is 0.767. The summed E-state index contributed by atoms with van der Waals surface area (Å²) in [5.74, 6) is 0.475. The fraction of sp³-hybridized carbons (Fsp3) is 0.467. The summed E-state index contributed by atoms with van der Waals surface area (Å²) >= 11 is 0. The number of ketones is 2. The topological polar surface area (TPSA) is 43.4 Å². The van der Waals surface area contributed by atoms with E-state index in [2.05, 4.69) is 0 Å². The zero-order valence-electron chi connectivity index (χ0n) is 10.6. The molecule has 1 aliphatic carbocycles. The maximum Gasteiger partial charge on any atom is 0.147 e. The van der Waals surface area contributed by atoms with Gasteiger partial charge in [0.1, 0.15) is 17.3 Å². The first kappa shape index (κ1) is 12.8. The van der Waals surface area contributed by atoms with Gasteiger partial charge in [0, 0.05) is 18.4 Å². The Morgan fingerprint density at radius 1 is 1.33 bits per heavy atom. The summed E-state index contributed by atoms with van der Waals surface area (Å²) in [7, 11) is 1.59. The molecule has 3 nitrogen and oxygen atoms in total. The maximum atomic E-state index is 12.2. The van der Waals surface area contributed by atoms with Gasteiger partial charge in [-0.2, -0.15) is 0 Å². The lowest BCUT2D eigenvalue weighted by molar-refractivity contribution is -0.134. The van der Waals surface area contributed by atoms with Crippen LogP contribution in [0.25, 0.3) is 0 Å². The van der Waals surface area contributed by atoms with Crippen LogP contribution in [0.15, 0.2) is 24.3 Å². The van der Waals surface area contributed by atoms with Gasteiger partial charge in [0.05, 0.1) is 13.0 Å². The molecule has 0 aromatic heterocycles. The molecule has 1 fully saturated rings. The summed E-state index contributed by atoms with van der Waals surface area (Å²) in [5, 5.41) is 0. The third-order valence-electron chi connectivity index (χ3n) is 3.50. The number of benzene rings is 1. The molecule has 1 saturated carbocycles. The van der Waals surface area contributed by atoms with Gasteiger partial charge < -0.3 is 4.74 Å². The number of para-hydroxylation sites is 1. The van der Waals surface area contributed by atoms with Crippen molar-refractivity contribution < 1.29 is 14.3 Å². The molecule has 0 amide bonds. The minimum absolute atomic E-state index is 0.0317. The normalized spacial score (nSPS) is 19.6. The Bertz CT molecular complexity index is 451. The molecule has 0 N–H and O–H groups in total. The van der Waals surface area contributed by atoms with Gasteiger partial charge in [0.2, 0.25) is 0 Å². The van der Waals surface area contributed by atoms with E-state index in [1.807, 2.05) is 24.3 Å². The minimum Gasteiger partial charge on any atom is -0.496 e. The Balaban J connectivity index is 2.08. The average molecular weight is 246 g/mol. The van der Waals surface area contributed by atoms with Crippen molar-refractivity contribution in [2.75, 3.05) is 7.11 Å². The van der Waals surface area contributed by atoms with E-state index in [0.29, 0.717) is 25.0 Å². The molecule has 0 bridgehead atoms. The second-order valence-electron chi connectivity index (χ2n) is 4.72. The molecule has 0 radical (unpaired) electrons. The zero-order valence-corrected chi connectivity index (χ0v) is 10.6. The van der Waals surface area contributed by atoms with Gasteiger partial charge in [0.15, 0.2) is 0 Å². The number of Topliss-reactive ketones (excluding diaryl/α,β-unsaturated/α-hetero) is 2. The molecule has 0 saturated heterocycles. The number of carbonyl (C=O) groups is 2. The maximum absolute atomic E-state index is 12.2. The SMILES string of the molecule is COc1ccccc1CC(=O)C1CCCCC1=O. The molecule has 1 aliphatic rings. The van der Waals surface area contributed by atoms with Crippen molar-refractivity contribution in [2.45, 2.75) is 32.1 Å². The van der Waals surface area contributed by atoms with E-state index in [-0.39, 0.29) is 17.5 Å². The zero-order chi connectivity index (χ0) is 13.0. The van der Waals surface area contributed by atoms with Crippen LogP contribution < -0.4 is 4.74 Å². The Hall–Kier alpha value is -1.64. The highest BCUT2D eigenvalue weighted by Gasteiger charge is 2.28. The molecule has 0 spiro atoms. The van der Waals surface area contributed by atoms with E-state index < -0.39 is 0 Å². The van der Waals surface area contributed by atoms with Crippen LogP contribution in [0.3, 0.4) is 0 Å². The summed E-state index contributed by atoms with van der Waals surface area (Å²) in [4.78, 5) is 23.9. The van der Waals surface area contributed by atoms with Crippen molar-refractivity contribution in [3.8, 4) is 5.75 Å². The van der Waals surface area contributed by atoms with Gasteiger partial charge >= 0.3 is 0 Å². The highest BCUT2D eigenvalue weighted by Crippen LogP contribution is 2.25. The van der Waals surface area contributed by atoms with Crippen molar-refractivity contribution in [3.05, 3.63) is 29.8 Å². The van der Waals surface area contributed by atoms with E-state index >= 15 is 0 Å². The highest BCUT2D eigenvalue weighted by atomic mass is 16.5. The van der Waals surface area contributed by atoms with Crippen LogP contribution in [0.1, 0.15) is 31.2 Å². The van der Waals surface area contributed by atoms with E-state index in [1.165, 1.54) is 0 Å². The molecular formula is C15H18O3. The fourth-order valence-corrected chi connectivity index (χ4v) is 2.48. The smallest absolute Gasteiger partial charge is 0.147 e. The second kappa shape index (κ2) is 5.80. The van der Waals surface area contributed by atoms with Crippen LogP contribution in [0.5, 0.6) is 5.75 Å². The summed E-state index contributed by atoms with van der Waals surface area (Å²) in [6, 6.07) is 7.47. The molecule has 1 aromatic rings. The van der Waals surface area contributed by atoms with Gasteiger partial charge in [-0.15, -0.1) is 0 Å². The molecule has 1 aromatic carbocycles. The van der Waals surface area contributed by atoms with E-state index in [1.54, 1.807) is 7.11 Å². The van der Waals surface area contributed by atoms with Gasteiger partial charge in [-0.1, -0.05) is 24.6 Å². The van der Waals surface area contributed by atoms with Gasteiger partial charge in [0.25, 0.3) is 0 Å². The van der Waals surface area contributed by atoms with Gasteiger partial charge in [-0.05, 0) is 18.9 Å². The molecular weight excluding hydrogens is 228 g/mol. The van der Waals surface area contributed by atoms with Crippen LogP contribution in [0.2, 0.25) is 0 Å². The van der Waals surface area contributed by atoms with Crippen molar-refractivity contribution in [3.63, 3.8) is 0 Å². The number of rotatable bonds is 4. The molecule has 2 rings (SSSR count). The van der Waals surface area contributed by atoms with Crippen LogP contribution >= 0.6 is 0 Å². The first-order chi connectivity index (χ1) is 8.72. The second-order valence-corrected chi connectivity index (χ2v) is 4.72. The lowest BCUT2D eigenvalue weighted by Crippen LogP contribution is -2.28. The monoisotopic (exact) mass is 246 g/mol. The lowest BCUT2D eigenvalue weighted by atomic mass is 9.83. The van der Waals surface area contributed by atoms with E-state index in [0.717, 1.165) is 18.4 Å². The summed E-state index contributed by atoms with van der Waals surface area (Å²) in [6.45, 7) is 0. The summed E-state index contributed by atoms with van der Waals surface area (Å²) < 4.78 is 5.22. The standard InChI is InChI=1S/C15H18O3/c1-18-15-9-5-2-6-11(15)10-14(17)12-7-3-4-8-13(12)16/h2,5-6,9,12H,3-4,7-8,10H2,1H3. The third kappa shape index (κ3) is 2.78. The van der Waals surface area contributed by atoms with Crippen molar-refractivity contribution in [2.24, 2.45) is 5.92 Å². The molecule has 0 aliphatic heterocycles. The van der Waals surface area contributed by atoms with Crippen LogP contribution in [0.4, 0.5) is 0 Å². The molecule has 18 heavy (non-hydrogen) atoms. The van der Waals surface area contributed by atoms with Crippen LogP contribution in [-0.4, -0.2) is 18.7 Å². The summed E-state index contributed by atoms with van der Waals surface area (Å²) in [5.41, 5.74) is 0.864. The minimum atomic E-state index is -0.385. The van der Waals surface area contributed by atoms with Gasteiger partial charge in [-0.3, -0.25) is 9.59 Å². The molecule has 96 valence electrons. The summed E-state index contributed by atoms with van der Waals surface area (Å²) in [6.07, 6.45) is 3.47. The van der Waals surface area contributed by atoms with Crippen molar-refractivity contribution in [1.82, 2.24) is 0 Å². The van der Waals surface area contributed by atoms with Crippen LogP contribution in [-0.2, 0) is 16.0 Å². The Kier molecular flexibility index (Phi) is 4.13. The van der Waals surface area contributed by atoms with E-state index in [9.17, 15) is 9.59 Å². The fourth-order valence-electron chi connectivity index (χ4n) is 2.48. The van der Waals surface area contributed by atoms with Crippen molar-refractivity contribution >= 4 is 11.6 Å². The van der Waals surface area contributed by atoms with Crippen LogP contribution in [0, 0.1) is 5.92 Å². The van der Waals surface area contributed by atoms with Crippen molar-refractivity contribution in [1.29, 1.82) is 0 Å². The van der Waals surface area contributed by atoms with E-state index in [4.69, 9.17) is 4.74 Å². The molecule has 3 heteroatoms. The number of hydrogen-bond acceptors (Lipinski definition) is 3. The number of ether oxygens (including phenoxy) is 1. The Labute approximate surface area is 107 Å². The Morgan fingerprint density at radius 3 is 2.83 bits per heavy atom. The average Bonchev–Trinajstić information content (AvgIpc) is 2.39. The highest BCUT2D eigenvalue weighted by molar-refractivity contribution is 6.03. The largest absolute Gasteiger partial charge is 0.496 e. The number of hydrogen-bond donors (Lipinski definition) is 0. The predicted octanol–water partition coefficient (Wildman–Crippen LogP) is 2.57.